The molecule has 0 radical (unpaired) electrons. The first-order chi connectivity index (χ1) is 13.6. The van der Waals surface area contributed by atoms with Crippen LogP contribution < -0.4 is 5.56 Å². The topological polar surface area (TPSA) is 78.8 Å². The molecule has 0 bridgehead atoms. The Balaban J connectivity index is 1.32. The lowest BCUT2D eigenvalue weighted by Crippen LogP contribution is -2.52. The lowest BCUT2D eigenvalue weighted by atomic mass is 10.2. The Morgan fingerprint density at radius 3 is 2.36 bits per heavy atom. The van der Waals surface area contributed by atoms with Gasteiger partial charge in [-0.1, -0.05) is 24.6 Å². The number of hydrogen-bond acceptors (Lipinski definition) is 6. The van der Waals surface area contributed by atoms with E-state index in [1.165, 1.54) is 19.0 Å². The van der Waals surface area contributed by atoms with Crippen LogP contribution in [0.15, 0.2) is 16.1 Å². The Labute approximate surface area is 168 Å². The van der Waals surface area contributed by atoms with Crippen LogP contribution in [0.25, 0.3) is 0 Å². The highest BCUT2D eigenvalue weighted by Crippen LogP contribution is 2.21. The molecule has 3 aliphatic heterocycles. The predicted octanol–water partition coefficient (Wildman–Crippen LogP) is 0.509. The molecule has 4 heterocycles. The van der Waals surface area contributed by atoms with Crippen molar-refractivity contribution in [1.29, 1.82) is 0 Å². The summed E-state index contributed by atoms with van der Waals surface area (Å²) in [4.78, 5) is 48.0. The summed E-state index contributed by atoms with van der Waals surface area (Å²) in [5.41, 5.74) is -0.0842. The van der Waals surface area contributed by atoms with Crippen molar-refractivity contribution < 1.29 is 9.59 Å². The molecule has 0 atom stereocenters. The number of piperazine rings is 1. The van der Waals surface area contributed by atoms with Gasteiger partial charge in [0.1, 0.15) is 5.56 Å². The molecule has 9 heteroatoms. The van der Waals surface area contributed by atoms with Crippen LogP contribution in [0, 0.1) is 0 Å². The third kappa shape index (κ3) is 4.10. The fourth-order valence-electron chi connectivity index (χ4n) is 4.06. The first-order valence-corrected chi connectivity index (χ1v) is 11.1. The first kappa shape index (κ1) is 19.4. The van der Waals surface area contributed by atoms with E-state index >= 15 is 0 Å². The van der Waals surface area contributed by atoms with Crippen molar-refractivity contribution in [1.82, 2.24) is 24.3 Å². The molecular formula is C19H27N5O3S. The average Bonchev–Trinajstić information content (AvgIpc) is 3.03. The second-order valence-electron chi connectivity index (χ2n) is 7.62. The van der Waals surface area contributed by atoms with Gasteiger partial charge in [0.15, 0.2) is 5.16 Å². The average molecular weight is 406 g/mol. The van der Waals surface area contributed by atoms with Gasteiger partial charge in [0.2, 0.25) is 5.91 Å². The van der Waals surface area contributed by atoms with Crippen molar-refractivity contribution in [3.63, 3.8) is 0 Å². The molecule has 152 valence electrons. The van der Waals surface area contributed by atoms with Crippen molar-refractivity contribution in [2.45, 2.75) is 37.4 Å². The molecule has 0 unspecified atom stereocenters. The molecular weight excluding hydrogens is 378 g/mol. The third-order valence-corrected chi connectivity index (χ3v) is 6.73. The Bertz CT molecular complexity index is 795. The summed E-state index contributed by atoms with van der Waals surface area (Å²) < 4.78 is 1.59. The number of hydrogen-bond donors (Lipinski definition) is 0. The van der Waals surface area contributed by atoms with Gasteiger partial charge in [-0.2, -0.15) is 0 Å². The van der Waals surface area contributed by atoms with Gasteiger partial charge in [-0.3, -0.25) is 23.9 Å². The molecule has 1 aromatic heterocycles. The molecule has 0 saturated carbocycles. The van der Waals surface area contributed by atoms with Gasteiger partial charge < -0.3 is 9.80 Å². The summed E-state index contributed by atoms with van der Waals surface area (Å²) in [6, 6.07) is 0. The second kappa shape index (κ2) is 8.65. The standard InChI is InChI=1S/C19H27N5O3S/c25-16(22-5-3-1-2-4-6-22)14-21-7-9-23(10-8-21)17(26)15-13-20-19-24(18(15)27)11-12-28-19/h13H,1-12,14H2. The molecule has 0 aliphatic carbocycles. The molecule has 2 amide bonds. The zero-order valence-corrected chi connectivity index (χ0v) is 17.0. The quantitative estimate of drug-likeness (QED) is 0.682. The number of amides is 2. The largest absolute Gasteiger partial charge is 0.342 e. The van der Waals surface area contributed by atoms with Gasteiger partial charge in [0, 0.05) is 57.8 Å². The Kier molecular flexibility index (Phi) is 6.01. The van der Waals surface area contributed by atoms with Gasteiger partial charge in [-0.15, -0.1) is 0 Å². The van der Waals surface area contributed by atoms with E-state index in [4.69, 9.17) is 0 Å². The SMILES string of the molecule is O=C(CN1CCN(C(=O)c2cnc3n(c2=O)CCS3)CC1)N1CCCCCC1. The maximum Gasteiger partial charge on any atom is 0.267 e. The van der Waals surface area contributed by atoms with Crippen LogP contribution in [-0.4, -0.2) is 87.6 Å². The molecule has 1 aromatic rings. The van der Waals surface area contributed by atoms with E-state index in [0.717, 1.165) is 31.7 Å². The lowest BCUT2D eigenvalue weighted by molar-refractivity contribution is -0.132. The fourth-order valence-corrected chi connectivity index (χ4v) is 4.97. The monoisotopic (exact) mass is 405 g/mol. The van der Waals surface area contributed by atoms with E-state index in [0.29, 0.717) is 44.4 Å². The molecule has 2 fully saturated rings. The number of carbonyl (C=O) groups excluding carboxylic acids is 2. The maximum absolute atomic E-state index is 12.8. The van der Waals surface area contributed by atoms with E-state index in [9.17, 15) is 14.4 Å². The van der Waals surface area contributed by atoms with E-state index in [-0.39, 0.29) is 22.9 Å². The molecule has 3 aliphatic rings. The minimum atomic E-state index is -0.247. The number of fused-ring (bicyclic) bond motifs is 1. The molecule has 4 rings (SSSR count). The minimum Gasteiger partial charge on any atom is -0.342 e. The highest BCUT2D eigenvalue weighted by molar-refractivity contribution is 7.99. The highest BCUT2D eigenvalue weighted by Gasteiger charge is 2.28. The van der Waals surface area contributed by atoms with Crippen molar-refractivity contribution >= 4 is 23.6 Å². The molecule has 0 aromatic carbocycles. The first-order valence-electron chi connectivity index (χ1n) is 10.2. The summed E-state index contributed by atoms with van der Waals surface area (Å²) in [7, 11) is 0. The molecule has 8 nitrogen and oxygen atoms in total. The maximum atomic E-state index is 12.8. The summed E-state index contributed by atoms with van der Waals surface area (Å²) in [5, 5.41) is 0.693. The zero-order valence-electron chi connectivity index (χ0n) is 16.1. The van der Waals surface area contributed by atoms with Gasteiger partial charge in [0.25, 0.3) is 11.5 Å². The Hall–Kier alpha value is -1.87. The van der Waals surface area contributed by atoms with E-state index < -0.39 is 0 Å². The van der Waals surface area contributed by atoms with Crippen LogP contribution in [-0.2, 0) is 11.3 Å². The normalized spacial score (nSPS) is 20.7. The number of nitrogens with zero attached hydrogens (tertiary/aromatic N) is 5. The van der Waals surface area contributed by atoms with Gasteiger partial charge in [0.05, 0.1) is 6.54 Å². The fraction of sp³-hybridized carbons (Fsp3) is 0.684. The van der Waals surface area contributed by atoms with Gasteiger partial charge in [-0.25, -0.2) is 4.98 Å². The predicted molar refractivity (Wildman–Crippen MR) is 107 cm³/mol. The minimum absolute atomic E-state index is 0.153. The zero-order chi connectivity index (χ0) is 19.5. The summed E-state index contributed by atoms with van der Waals surface area (Å²) in [6.07, 6.45) is 6.03. The van der Waals surface area contributed by atoms with Crippen LogP contribution in [0.4, 0.5) is 0 Å². The van der Waals surface area contributed by atoms with E-state index in [2.05, 4.69) is 9.88 Å². The number of aromatic nitrogens is 2. The van der Waals surface area contributed by atoms with Crippen LogP contribution in [0.5, 0.6) is 0 Å². The summed E-state index contributed by atoms with van der Waals surface area (Å²) in [5.74, 6) is 0.771. The van der Waals surface area contributed by atoms with Crippen LogP contribution >= 0.6 is 11.8 Å². The number of rotatable bonds is 3. The molecule has 0 N–H and O–H groups in total. The molecule has 28 heavy (non-hydrogen) atoms. The third-order valence-electron chi connectivity index (χ3n) is 5.76. The molecule has 2 saturated heterocycles. The summed E-state index contributed by atoms with van der Waals surface area (Å²) >= 11 is 1.54. The van der Waals surface area contributed by atoms with Gasteiger partial charge in [-0.05, 0) is 12.8 Å². The highest BCUT2D eigenvalue weighted by atomic mass is 32.2. The van der Waals surface area contributed by atoms with Crippen molar-refractivity contribution in [2.75, 3.05) is 51.6 Å². The van der Waals surface area contributed by atoms with Gasteiger partial charge >= 0.3 is 0 Å². The number of carbonyl (C=O) groups is 2. The Morgan fingerprint density at radius 1 is 0.929 bits per heavy atom. The van der Waals surface area contributed by atoms with Crippen molar-refractivity contribution in [2.24, 2.45) is 0 Å². The van der Waals surface area contributed by atoms with Crippen LogP contribution in [0.1, 0.15) is 36.0 Å². The smallest absolute Gasteiger partial charge is 0.267 e. The molecule has 0 spiro atoms. The number of thioether (sulfide) groups is 1. The van der Waals surface area contributed by atoms with Crippen LogP contribution in [0.2, 0.25) is 0 Å². The lowest BCUT2D eigenvalue weighted by Gasteiger charge is -2.35. The van der Waals surface area contributed by atoms with Crippen LogP contribution in [0.3, 0.4) is 0 Å². The number of likely N-dealkylation sites (tertiary alicyclic amines) is 1. The Morgan fingerprint density at radius 2 is 1.64 bits per heavy atom. The van der Waals surface area contributed by atoms with Crippen molar-refractivity contribution in [3.8, 4) is 0 Å². The summed E-state index contributed by atoms with van der Waals surface area (Å²) in [6.45, 7) is 5.13. The van der Waals surface area contributed by atoms with E-state index in [1.54, 1.807) is 21.2 Å². The van der Waals surface area contributed by atoms with E-state index in [1.807, 2.05) is 4.90 Å². The van der Waals surface area contributed by atoms with Crippen molar-refractivity contribution in [3.05, 3.63) is 22.1 Å². The second-order valence-corrected chi connectivity index (χ2v) is 8.69.